The first-order chi connectivity index (χ1) is 18.0. The Morgan fingerprint density at radius 3 is 0.649 bits per heavy atom. The molecular weight excluding hydrogens is 476 g/mol. The largest absolute Gasteiger partial charge is 0.381 e. The normalized spacial score (nSPS) is 12.0. The molecule has 0 spiro atoms. The second-order valence-electron chi connectivity index (χ2n) is 9.34. The Hall–Kier alpha value is -0.320. The van der Waals surface area contributed by atoms with Crippen LogP contribution < -0.4 is 0 Å². The van der Waals surface area contributed by atoms with Crippen LogP contribution in [0.3, 0.4) is 0 Å². The van der Waals surface area contributed by atoms with E-state index in [0.717, 1.165) is 39.1 Å². The Kier molecular flexibility index (Phi) is 30.1. The lowest BCUT2D eigenvalue weighted by Crippen LogP contribution is -2.42. The minimum absolute atomic E-state index is 0.183. The summed E-state index contributed by atoms with van der Waals surface area (Å²) in [5.74, 6) is 0. The van der Waals surface area contributed by atoms with Gasteiger partial charge < -0.3 is 37.9 Å². The van der Waals surface area contributed by atoms with Crippen molar-refractivity contribution < 1.29 is 37.9 Å². The van der Waals surface area contributed by atoms with Crippen molar-refractivity contribution in [3.05, 3.63) is 0 Å². The topological polar surface area (TPSA) is 73.8 Å². The van der Waals surface area contributed by atoms with Gasteiger partial charge in [0.2, 0.25) is 0 Å². The summed E-state index contributed by atoms with van der Waals surface area (Å²) in [7, 11) is 0. The first-order valence-electron chi connectivity index (χ1n) is 14.6. The molecule has 8 nitrogen and oxygen atoms in total. The van der Waals surface area contributed by atoms with Crippen LogP contribution >= 0.6 is 0 Å². The molecule has 0 saturated carbocycles. The Morgan fingerprint density at radius 2 is 0.486 bits per heavy atom. The van der Waals surface area contributed by atoms with Crippen molar-refractivity contribution in [2.75, 3.05) is 106 Å². The SMILES string of the molecule is CCCOCC(COCC)(COCC)COCC.CCCOCC(COCC)(COCC)COCCC. The van der Waals surface area contributed by atoms with Crippen LogP contribution in [0.15, 0.2) is 0 Å². The van der Waals surface area contributed by atoms with Crippen LogP contribution in [0.25, 0.3) is 0 Å². The summed E-state index contributed by atoms with van der Waals surface area (Å²) in [6.45, 7) is 27.1. The van der Waals surface area contributed by atoms with E-state index in [-0.39, 0.29) is 10.8 Å². The molecule has 0 heterocycles. The van der Waals surface area contributed by atoms with Gasteiger partial charge in [-0.2, -0.15) is 0 Å². The summed E-state index contributed by atoms with van der Waals surface area (Å²) >= 11 is 0. The summed E-state index contributed by atoms with van der Waals surface area (Å²) < 4.78 is 45.2. The lowest BCUT2D eigenvalue weighted by atomic mass is 9.92. The third-order valence-corrected chi connectivity index (χ3v) is 5.33. The molecule has 0 rings (SSSR count). The van der Waals surface area contributed by atoms with Gasteiger partial charge in [0, 0.05) is 52.9 Å². The third-order valence-electron chi connectivity index (χ3n) is 5.33. The summed E-state index contributed by atoms with van der Waals surface area (Å²) in [6.07, 6.45) is 3.07. The first-order valence-corrected chi connectivity index (χ1v) is 14.6. The number of hydrogen-bond acceptors (Lipinski definition) is 8. The molecule has 0 aliphatic heterocycles. The molecule has 0 aromatic carbocycles. The molecule has 0 aromatic rings. The minimum Gasteiger partial charge on any atom is -0.381 e. The van der Waals surface area contributed by atoms with E-state index in [4.69, 9.17) is 37.9 Å². The fourth-order valence-electron chi connectivity index (χ4n) is 3.39. The second kappa shape index (κ2) is 28.7. The van der Waals surface area contributed by atoms with Crippen LogP contribution in [0, 0.1) is 10.8 Å². The third kappa shape index (κ3) is 22.2. The molecule has 0 bridgehead atoms. The van der Waals surface area contributed by atoms with Crippen LogP contribution in [0.5, 0.6) is 0 Å². The van der Waals surface area contributed by atoms with Gasteiger partial charge in [0.05, 0.1) is 63.7 Å². The van der Waals surface area contributed by atoms with Gasteiger partial charge in [0.1, 0.15) is 0 Å². The van der Waals surface area contributed by atoms with Gasteiger partial charge in [-0.25, -0.2) is 0 Å². The van der Waals surface area contributed by atoms with Crippen molar-refractivity contribution in [2.45, 2.75) is 74.7 Å². The predicted molar refractivity (Wildman–Crippen MR) is 151 cm³/mol. The highest BCUT2D eigenvalue weighted by atomic mass is 16.5. The van der Waals surface area contributed by atoms with Gasteiger partial charge in [-0.05, 0) is 53.9 Å². The molecule has 0 amide bonds. The van der Waals surface area contributed by atoms with Crippen molar-refractivity contribution in [2.24, 2.45) is 10.8 Å². The molecular formula is C29H62O8. The van der Waals surface area contributed by atoms with E-state index >= 15 is 0 Å². The van der Waals surface area contributed by atoms with Crippen molar-refractivity contribution in [3.8, 4) is 0 Å². The van der Waals surface area contributed by atoms with E-state index in [1.807, 2.05) is 34.6 Å². The van der Waals surface area contributed by atoms with E-state index in [1.165, 1.54) is 0 Å². The average molecular weight is 539 g/mol. The first kappa shape index (κ1) is 38.8. The maximum Gasteiger partial charge on any atom is 0.0637 e. The van der Waals surface area contributed by atoms with Gasteiger partial charge in [-0.3, -0.25) is 0 Å². The molecule has 0 atom stereocenters. The standard InChI is InChI=1S/C15H32O4.C14H30O4/c1-5-9-18-13-15(11-16-7-3,12-17-8-4)14-19-10-6-2;1-5-9-18-13-14(10-15-6-2,11-16-7-3)12-17-8-4/h5-14H2,1-4H3;5-13H2,1-4H3. The summed E-state index contributed by atoms with van der Waals surface area (Å²) in [5.41, 5.74) is -0.367. The number of hydrogen-bond donors (Lipinski definition) is 0. The fourth-order valence-corrected chi connectivity index (χ4v) is 3.39. The van der Waals surface area contributed by atoms with Crippen LogP contribution in [-0.2, 0) is 37.9 Å². The second-order valence-corrected chi connectivity index (χ2v) is 9.34. The monoisotopic (exact) mass is 538 g/mol. The maximum atomic E-state index is 5.73. The van der Waals surface area contributed by atoms with Crippen LogP contribution in [-0.4, -0.2) is 106 Å². The van der Waals surface area contributed by atoms with E-state index in [9.17, 15) is 0 Å². The molecule has 8 heteroatoms. The van der Waals surface area contributed by atoms with Gasteiger partial charge in [0.15, 0.2) is 0 Å². The van der Waals surface area contributed by atoms with Gasteiger partial charge >= 0.3 is 0 Å². The lowest BCUT2D eigenvalue weighted by molar-refractivity contribution is -0.104. The van der Waals surface area contributed by atoms with Crippen molar-refractivity contribution in [3.63, 3.8) is 0 Å². The molecule has 0 saturated heterocycles. The Bertz CT molecular complexity index is 394. The Balaban J connectivity index is 0. The lowest BCUT2D eigenvalue weighted by Gasteiger charge is -2.32. The molecule has 37 heavy (non-hydrogen) atoms. The highest BCUT2D eigenvalue weighted by molar-refractivity contribution is 4.80. The van der Waals surface area contributed by atoms with Crippen LogP contribution in [0.1, 0.15) is 74.7 Å². The minimum atomic E-state index is -0.184. The molecule has 0 aliphatic carbocycles. The maximum absolute atomic E-state index is 5.73. The summed E-state index contributed by atoms with van der Waals surface area (Å²) in [6, 6.07) is 0. The van der Waals surface area contributed by atoms with Crippen molar-refractivity contribution >= 4 is 0 Å². The van der Waals surface area contributed by atoms with Gasteiger partial charge in [0.25, 0.3) is 0 Å². The van der Waals surface area contributed by atoms with E-state index in [0.29, 0.717) is 85.9 Å². The zero-order valence-corrected chi connectivity index (χ0v) is 25.7. The zero-order valence-electron chi connectivity index (χ0n) is 25.7. The average Bonchev–Trinajstić information content (AvgIpc) is 2.92. The van der Waals surface area contributed by atoms with E-state index < -0.39 is 0 Å². The molecule has 0 unspecified atom stereocenters. The van der Waals surface area contributed by atoms with E-state index in [2.05, 4.69) is 20.8 Å². The highest BCUT2D eigenvalue weighted by Crippen LogP contribution is 2.22. The van der Waals surface area contributed by atoms with E-state index in [1.54, 1.807) is 0 Å². The van der Waals surface area contributed by atoms with Crippen molar-refractivity contribution in [1.29, 1.82) is 0 Å². The van der Waals surface area contributed by atoms with Gasteiger partial charge in [-0.15, -0.1) is 0 Å². The van der Waals surface area contributed by atoms with Crippen molar-refractivity contribution in [1.82, 2.24) is 0 Å². The summed E-state index contributed by atoms with van der Waals surface area (Å²) in [5, 5.41) is 0. The Morgan fingerprint density at radius 1 is 0.297 bits per heavy atom. The molecule has 0 radical (unpaired) electrons. The number of ether oxygens (including phenoxy) is 8. The molecule has 226 valence electrons. The molecule has 0 fully saturated rings. The fraction of sp³-hybridized carbons (Fsp3) is 1.00. The van der Waals surface area contributed by atoms with Crippen LogP contribution in [0.4, 0.5) is 0 Å². The number of rotatable bonds is 27. The van der Waals surface area contributed by atoms with Gasteiger partial charge in [-0.1, -0.05) is 20.8 Å². The summed E-state index contributed by atoms with van der Waals surface area (Å²) in [4.78, 5) is 0. The molecule has 0 aliphatic rings. The Labute approximate surface area is 229 Å². The predicted octanol–water partition coefficient (Wildman–Crippen LogP) is 5.41. The highest BCUT2D eigenvalue weighted by Gasteiger charge is 2.33. The zero-order chi connectivity index (χ0) is 28.1. The smallest absolute Gasteiger partial charge is 0.0637 e. The van der Waals surface area contributed by atoms with Crippen LogP contribution in [0.2, 0.25) is 0 Å². The quantitative estimate of drug-likeness (QED) is 0.129. The molecule has 0 aromatic heterocycles. The molecule has 0 N–H and O–H groups in total.